The third-order valence-corrected chi connectivity index (χ3v) is 4.75. The minimum absolute atomic E-state index is 0.141. The van der Waals surface area contributed by atoms with Gasteiger partial charge in [0, 0.05) is 18.0 Å². The summed E-state index contributed by atoms with van der Waals surface area (Å²) in [6, 6.07) is 0. The van der Waals surface area contributed by atoms with Crippen LogP contribution in [0.4, 0.5) is 0 Å². The fraction of sp³-hybridized carbons (Fsp3) is 0.769. The standard InChI is InChI=1S/C13H22N2OS/c1-4-14-9-11-10(2)15-12(17-11)13(3)7-5-6-8-16-13/h14H,4-9H2,1-3H3. The van der Waals surface area contributed by atoms with Crippen molar-refractivity contribution in [2.75, 3.05) is 13.2 Å². The first-order chi connectivity index (χ1) is 8.15. The van der Waals surface area contributed by atoms with Gasteiger partial charge >= 0.3 is 0 Å². The third kappa shape index (κ3) is 2.87. The van der Waals surface area contributed by atoms with Crippen molar-refractivity contribution in [3.8, 4) is 0 Å². The minimum atomic E-state index is -0.141. The van der Waals surface area contributed by atoms with Gasteiger partial charge in [-0.05, 0) is 39.7 Å². The van der Waals surface area contributed by atoms with Crippen LogP contribution in [0.15, 0.2) is 0 Å². The summed E-state index contributed by atoms with van der Waals surface area (Å²) in [4.78, 5) is 6.06. The number of rotatable bonds is 4. The summed E-state index contributed by atoms with van der Waals surface area (Å²) >= 11 is 1.81. The van der Waals surface area contributed by atoms with Gasteiger partial charge in [-0.1, -0.05) is 6.92 Å². The van der Waals surface area contributed by atoms with Crippen LogP contribution in [0.1, 0.15) is 48.7 Å². The van der Waals surface area contributed by atoms with Crippen LogP contribution in [0.2, 0.25) is 0 Å². The van der Waals surface area contributed by atoms with Gasteiger partial charge in [0.1, 0.15) is 10.6 Å². The van der Waals surface area contributed by atoms with E-state index in [-0.39, 0.29) is 5.60 Å². The smallest absolute Gasteiger partial charge is 0.125 e. The largest absolute Gasteiger partial charge is 0.368 e. The number of thiazole rings is 1. The van der Waals surface area contributed by atoms with Crippen molar-refractivity contribution < 1.29 is 4.74 Å². The molecule has 96 valence electrons. The van der Waals surface area contributed by atoms with E-state index in [0.29, 0.717) is 0 Å². The Labute approximate surface area is 108 Å². The molecule has 1 aliphatic heterocycles. The number of aromatic nitrogens is 1. The molecule has 2 rings (SSSR count). The summed E-state index contributed by atoms with van der Waals surface area (Å²) < 4.78 is 5.95. The van der Waals surface area contributed by atoms with Crippen molar-refractivity contribution >= 4 is 11.3 Å². The molecule has 1 saturated heterocycles. The number of aryl methyl sites for hydroxylation is 1. The van der Waals surface area contributed by atoms with Gasteiger partial charge in [-0.2, -0.15) is 0 Å². The van der Waals surface area contributed by atoms with Gasteiger partial charge in [0.15, 0.2) is 0 Å². The Morgan fingerprint density at radius 2 is 2.29 bits per heavy atom. The van der Waals surface area contributed by atoms with Crippen LogP contribution in [0.5, 0.6) is 0 Å². The zero-order valence-electron chi connectivity index (χ0n) is 11.0. The summed E-state index contributed by atoms with van der Waals surface area (Å²) in [5.41, 5.74) is 1.01. The Hall–Kier alpha value is -0.450. The fourth-order valence-electron chi connectivity index (χ4n) is 2.16. The molecule has 1 atom stereocenters. The van der Waals surface area contributed by atoms with Crippen LogP contribution in [0.25, 0.3) is 0 Å². The zero-order chi connectivity index (χ0) is 12.3. The molecule has 0 saturated carbocycles. The van der Waals surface area contributed by atoms with Crippen molar-refractivity contribution in [2.45, 2.75) is 52.2 Å². The number of hydrogen-bond acceptors (Lipinski definition) is 4. The number of hydrogen-bond donors (Lipinski definition) is 1. The SMILES string of the molecule is CCNCc1sc(C2(C)CCCCO2)nc1C. The molecule has 1 unspecified atom stereocenters. The Balaban J connectivity index is 2.15. The van der Waals surface area contributed by atoms with Crippen molar-refractivity contribution in [2.24, 2.45) is 0 Å². The summed E-state index contributed by atoms with van der Waals surface area (Å²) in [6.07, 6.45) is 3.53. The topological polar surface area (TPSA) is 34.1 Å². The van der Waals surface area contributed by atoms with E-state index < -0.39 is 0 Å². The first-order valence-corrected chi connectivity index (χ1v) is 7.29. The van der Waals surface area contributed by atoms with E-state index >= 15 is 0 Å². The molecule has 1 fully saturated rings. The maximum Gasteiger partial charge on any atom is 0.125 e. The highest BCUT2D eigenvalue weighted by Gasteiger charge is 2.33. The third-order valence-electron chi connectivity index (χ3n) is 3.35. The van der Waals surface area contributed by atoms with Crippen LogP contribution in [-0.4, -0.2) is 18.1 Å². The zero-order valence-corrected chi connectivity index (χ0v) is 11.8. The maximum absolute atomic E-state index is 5.95. The van der Waals surface area contributed by atoms with E-state index in [1.807, 2.05) is 0 Å². The monoisotopic (exact) mass is 254 g/mol. The Kier molecular flexibility index (Phi) is 4.17. The van der Waals surface area contributed by atoms with Crippen molar-refractivity contribution in [3.05, 3.63) is 15.6 Å². The number of nitrogens with one attached hydrogen (secondary N) is 1. The molecule has 0 radical (unpaired) electrons. The molecule has 4 heteroatoms. The second-order valence-electron chi connectivity index (χ2n) is 4.84. The van der Waals surface area contributed by atoms with E-state index in [1.54, 1.807) is 11.3 Å². The van der Waals surface area contributed by atoms with Gasteiger partial charge < -0.3 is 10.1 Å². The predicted molar refractivity (Wildman–Crippen MR) is 71.4 cm³/mol. The lowest BCUT2D eigenvalue weighted by atomic mass is 9.97. The van der Waals surface area contributed by atoms with Gasteiger partial charge in [-0.25, -0.2) is 4.98 Å². The van der Waals surface area contributed by atoms with Crippen molar-refractivity contribution in [3.63, 3.8) is 0 Å². The van der Waals surface area contributed by atoms with Crippen LogP contribution in [0.3, 0.4) is 0 Å². The fourth-order valence-corrected chi connectivity index (χ4v) is 3.32. The first-order valence-electron chi connectivity index (χ1n) is 6.47. The Morgan fingerprint density at radius 1 is 1.47 bits per heavy atom. The molecule has 2 heterocycles. The molecule has 1 aromatic rings. The summed E-state index contributed by atoms with van der Waals surface area (Å²) in [5, 5.41) is 4.52. The molecule has 1 N–H and O–H groups in total. The van der Waals surface area contributed by atoms with E-state index in [2.05, 4.69) is 26.1 Å². The van der Waals surface area contributed by atoms with Crippen LogP contribution in [0, 0.1) is 6.92 Å². The Morgan fingerprint density at radius 3 is 2.94 bits per heavy atom. The van der Waals surface area contributed by atoms with Gasteiger partial charge in [0.25, 0.3) is 0 Å². The van der Waals surface area contributed by atoms with Crippen LogP contribution in [-0.2, 0) is 16.9 Å². The highest BCUT2D eigenvalue weighted by atomic mass is 32.1. The summed E-state index contributed by atoms with van der Waals surface area (Å²) in [6.45, 7) is 9.21. The van der Waals surface area contributed by atoms with Gasteiger partial charge in [-0.15, -0.1) is 11.3 Å². The average molecular weight is 254 g/mol. The Bertz CT molecular complexity index is 369. The molecule has 0 aromatic carbocycles. The second-order valence-corrected chi connectivity index (χ2v) is 5.93. The molecule has 0 amide bonds. The first kappa shape index (κ1) is 13.0. The lowest BCUT2D eigenvalue weighted by Crippen LogP contribution is -2.29. The van der Waals surface area contributed by atoms with Crippen LogP contribution >= 0.6 is 11.3 Å². The number of nitrogens with zero attached hydrogens (tertiary/aromatic N) is 1. The summed E-state index contributed by atoms with van der Waals surface area (Å²) in [5.74, 6) is 0. The molecular formula is C13H22N2OS. The van der Waals surface area contributed by atoms with Gasteiger partial charge in [0.05, 0.1) is 5.69 Å². The second kappa shape index (κ2) is 5.46. The molecule has 0 aliphatic carbocycles. The van der Waals surface area contributed by atoms with Crippen LogP contribution < -0.4 is 5.32 Å². The quantitative estimate of drug-likeness (QED) is 0.897. The molecular weight excluding hydrogens is 232 g/mol. The minimum Gasteiger partial charge on any atom is -0.368 e. The molecule has 0 spiro atoms. The lowest BCUT2D eigenvalue weighted by molar-refractivity contribution is -0.0702. The normalized spacial score (nSPS) is 25.1. The number of ether oxygens (including phenoxy) is 1. The lowest BCUT2D eigenvalue weighted by Gasteiger charge is -2.31. The molecule has 3 nitrogen and oxygen atoms in total. The highest BCUT2D eigenvalue weighted by molar-refractivity contribution is 7.11. The predicted octanol–water partition coefficient (Wildman–Crippen LogP) is 2.98. The molecule has 0 bridgehead atoms. The molecule has 17 heavy (non-hydrogen) atoms. The van der Waals surface area contributed by atoms with E-state index in [0.717, 1.165) is 36.8 Å². The van der Waals surface area contributed by atoms with E-state index in [4.69, 9.17) is 9.72 Å². The summed E-state index contributed by atoms with van der Waals surface area (Å²) in [7, 11) is 0. The van der Waals surface area contributed by atoms with Gasteiger partial charge in [0.2, 0.25) is 0 Å². The highest BCUT2D eigenvalue weighted by Crippen LogP contribution is 2.37. The average Bonchev–Trinajstić information content (AvgIpc) is 2.70. The van der Waals surface area contributed by atoms with E-state index in [1.165, 1.54) is 17.7 Å². The maximum atomic E-state index is 5.95. The van der Waals surface area contributed by atoms with E-state index in [9.17, 15) is 0 Å². The van der Waals surface area contributed by atoms with Crippen molar-refractivity contribution in [1.82, 2.24) is 10.3 Å². The molecule has 1 aromatic heterocycles. The van der Waals surface area contributed by atoms with Crippen molar-refractivity contribution in [1.29, 1.82) is 0 Å². The molecule has 1 aliphatic rings. The van der Waals surface area contributed by atoms with Gasteiger partial charge in [-0.3, -0.25) is 0 Å².